The van der Waals surface area contributed by atoms with Gasteiger partial charge in [0.25, 0.3) is 0 Å². The maximum atomic E-state index is 14.1. The Morgan fingerprint density at radius 3 is 2.04 bits per heavy atom. The number of phenolic OH excluding ortho intramolecular Hbond substituents is 1. The number of H-pyrrole nitrogens is 1. The number of benzene rings is 2. The van der Waals surface area contributed by atoms with Gasteiger partial charge in [-0.25, -0.2) is 9.78 Å². The van der Waals surface area contributed by atoms with E-state index in [1.54, 1.807) is 30.3 Å². The number of carbonyl (C=O) groups excluding carboxylic acids is 5. The number of carboxylic acid groups (broad SMARTS) is 2. The molecule has 288 valence electrons. The van der Waals surface area contributed by atoms with Crippen LogP contribution in [-0.2, 0) is 52.8 Å². The molecule has 1 fully saturated rings. The van der Waals surface area contributed by atoms with E-state index in [0.717, 1.165) is 0 Å². The zero-order valence-corrected chi connectivity index (χ0v) is 29.4. The number of nitrogens with two attached hydrogens (primary N) is 1. The van der Waals surface area contributed by atoms with Crippen molar-refractivity contribution in [1.29, 1.82) is 0 Å². The zero-order valence-electron chi connectivity index (χ0n) is 29.4. The maximum Gasteiger partial charge on any atom is 0.326 e. The van der Waals surface area contributed by atoms with Crippen molar-refractivity contribution in [2.45, 2.75) is 81.7 Å². The van der Waals surface area contributed by atoms with E-state index < -0.39 is 84.1 Å². The van der Waals surface area contributed by atoms with Crippen molar-refractivity contribution >= 4 is 41.5 Å². The quantitative estimate of drug-likeness (QED) is 0.0756. The minimum Gasteiger partial charge on any atom is -0.508 e. The number of imidazole rings is 1. The molecule has 0 bridgehead atoms. The van der Waals surface area contributed by atoms with Crippen molar-refractivity contribution in [3.63, 3.8) is 0 Å². The molecule has 6 atom stereocenters. The number of rotatable bonds is 18. The standard InChI is InChI=1S/C36H44N8O10/c1-20(37)31(48)40-25(14-22-9-11-24(45)12-10-22)32(49)41-26(17-30(46)47)33(50)42-27(16-23-18-38-19-39-23)35(52)44-13-5-8-29(44)34(51)43-28(36(53)54)15-21-6-3-2-4-7-21/h2-4,6-7,9-12,18-20,25-29,45H,5,8,13-17,37H2,1H3,(H,38,39)(H,40,48)(H,41,49)(H,42,50)(H,43,51)(H,46,47)(H,53,54)/t20-,25-,26-,27-,28-,29-/m0/s1. The van der Waals surface area contributed by atoms with Gasteiger partial charge in [0.1, 0.15) is 36.0 Å². The van der Waals surface area contributed by atoms with E-state index in [0.29, 0.717) is 23.2 Å². The summed E-state index contributed by atoms with van der Waals surface area (Å²) in [6.45, 7) is 1.50. The van der Waals surface area contributed by atoms with Gasteiger partial charge in [0.2, 0.25) is 29.5 Å². The number of nitrogens with one attached hydrogen (secondary N) is 5. The van der Waals surface area contributed by atoms with Crippen molar-refractivity contribution in [2.75, 3.05) is 6.54 Å². The third-order valence-electron chi connectivity index (χ3n) is 8.76. The minimum absolute atomic E-state index is 0.00248. The van der Waals surface area contributed by atoms with Crippen molar-refractivity contribution in [2.24, 2.45) is 5.73 Å². The molecular formula is C36H44N8O10. The largest absolute Gasteiger partial charge is 0.508 e. The fourth-order valence-electron chi connectivity index (χ4n) is 5.95. The molecule has 54 heavy (non-hydrogen) atoms. The lowest BCUT2D eigenvalue weighted by atomic mass is 10.0. The highest BCUT2D eigenvalue weighted by Gasteiger charge is 2.40. The Balaban J connectivity index is 1.53. The second-order valence-corrected chi connectivity index (χ2v) is 13.0. The molecule has 0 aliphatic carbocycles. The number of phenols is 1. The lowest BCUT2D eigenvalue weighted by Crippen LogP contribution is -2.60. The predicted molar refractivity (Wildman–Crippen MR) is 190 cm³/mol. The van der Waals surface area contributed by atoms with Gasteiger partial charge < -0.3 is 52.2 Å². The number of likely N-dealkylation sites (tertiary alicyclic amines) is 1. The van der Waals surface area contributed by atoms with Crippen LogP contribution in [0.25, 0.3) is 0 Å². The molecule has 2 heterocycles. The van der Waals surface area contributed by atoms with E-state index in [2.05, 4.69) is 31.2 Å². The van der Waals surface area contributed by atoms with Crippen LogP contribution in [0.5, 0.6) is 5.75 Å². The lowest BCUT2D eigenvalue weighted by molar-refractivity contribution is -0.145. The highest BCUT2D eigenvalue weighted by atomic mass is 16.4. The first-order chi connectivity index (χ1) is 25.7. The van der Waals surface area contributed by atoms with Crippen LogP contribution >= 0.6 is 0 Å². The number of hydrogen-bond acceptors (Lipinski definition) is 10. The van der Waals surface area contributed by atoms with Crippen LogP contribution in [-0.4, -0.2) is 114 Å². The molecule has 0 radical (unpaired) electrons. The molecule has 5 amide bonds. The first kappa shape index (κ1) is 40.5. The van der Waals surface area contributed by atoms with E-state index in [1.165, 1.54) is 48.6 Å². The van der Waals surface area contributed by atoms with Crippen LogP contribution in [0.4, 0.5) is 0 Å². The number of aliphatic carboxylic acids is 2. The molecule has 1 aromatic heterocycles. The second kappa shape index (κ2) is 19.0. The number of carbonyl (C=O) groups is 7. The van der Waals surface area contributed by atoms with Gasteiger partial charge in [0.05, 0.1) is 18.8 Å². The third kappa shape index (κ3) is 11.6. The van der Waals surface area contributed by atoms with Gasteiger partial charge in [-0.2, -0.15) is 0 Å². The number of amides is 5. The zero-order chi connectivity index (χ0) is 39.4. The SMILES string of the molecule is C[C@H](N)C(=O)N[C@@H](Cc1ccc(O)cc1)C(=O)N[C@@H](CC(=O)O)C(=O)N[C@@H](Cc1cnc[nH]1)C(=O)N1CCC[C@H]1C(=O)N[C@@H](Cc1ccccc1)C(=O)O. The van der Waals surface area contributed by atoms with Gasteiger partial charge in [0, 0.05) is 37.7 Å². The molecule has 3 aromatic rings. The molecule has 0 unspecified atom stereocenters. The van der Waals surface area contributed by atoms with Crippen LogP contribution in [0.3, 0.4) is 0 Å². The summed E-state index contributed by atoms with van der Waals surface area (Å²) in [5, 5.41) is 39.1. The number of carboxylic acids is 2. The van der Waals surface area contributed by atoms with Crippen molar-refractivity contribution in [3.8, 4) is 5.75 Å². The summed E-state index contributed by atoms with van der Waals surface area (Å²) < 4.78 is 0. The topological polar surface area (TPSA) is 286 Å². The van der Waals surface area contributed by atoms with Gasteiger partial charge >= 0.3 is 11.9 Å². The van der Waals surface area contributed by atoms with Crippen LogP contribution in [0, 0.1) is 0 Å². The van der Waals surface area contributed by atoms with Gasteiger partial charge in [0.15, 0.2) is 0 Å². The summed E-state index contributed by atoms with van der Waals surface area (Å²) in [4.78, 5) is 99.4. The number of nitrogens with zero attached hydrogens (tertiary/aromatic N) is 2. The average Bonchev–Trinajstić information content (AvgIpc) is 3.84. The minimum atomic E-state index is -1.73. The van der Waals surface area contributed by atoms with E-state index in [9.17, 15) is 48.9 Å². The number of aromatic amines is 1. The van der Waals surface area contributed by atoms with Gasteiger partial charge in [-0.15, -0.1) is 0 Å². The molecule has 1 saturated heterocycles. The first-order valence-corrected chi connectivity index (χ1v) is 17.2. The second-order valence-electron chi connectivity index (χ2n) is 13.0. The number of hydrogen-bond donors (Lipinski definition) is 9. The Labute approximate surface area is 309 Å². The van der Waals surface area contributed by atoms with Crippen LogP contribution in [0.1, 0.15) is 43.0 Å². The molecule has 0 saturated carbocycles. The van der Waals surface area contributed by atoms with Crippen molar-refractivity contribution < 1.29 is 48.9 Å². The molecule has 1 aliphatic rings. The highest BCUT2D eigenvalue weighted by Crippen LogP contribution is 2.20. The highest BCUT2D eigenvalue weighted by molar-refractivity contribution is 5.97. The molecule has 18 heteroatoms. The molecule has 0 spiro atoms. The Morgan fingerprint density at radius 1 is 0.815 bits per heavy atom. The Hall–Kier alpha value is -6.30. The van der Waals surface area contributed by atoms with Crippen LogP contribution < -0.4 is 27.0 Å². The Morgan fingerprint density at radius 2 is 1.43 bits per heavy atom. The summed E-state index contributed by atoms with van der Waals surface area (Å²) in [7, 11) is 0. The average molecular weight is 749 g/mol. The monoisotopic (exact) mass is 748 g/mol. The van der Waals surface area contributed by atoms with Crippen LogP contribution in [0.15, 0.2) is 67.1 Å². The predicted octanol–water partition coefficient (Wildman–Crippen LogP) is -1.02. The molecule has 18 nitrogen and oxygen atoms in total. The van der Waals surface area contributed by atoms with Crippen LogP contribution in [0.2, 0.25) is 0 Å². The molecule has 1 aliphatic heterocycles. The fourth-order valence-corrected chi connectivity index (χ4v) is 5.95. The smallest absolute Gasteiger partial charge is 0.326 e. The van der Waals surface area contributed by atoms with E-state index in [1.807, 2.05) is 0 Å². The van der Waals surface area contributed by atoms with E-state index in [-0.39, 0.29) is 38.0 Å². The lowest BCUT2D eigenvalue weighted by Gasteiger charge is -2.30. The molecule has 2 aromatic carbocycles. The number of aromatic nitrogens is 2. The summed E-state index contributed by atoms with van der Waals surface area (Å²) in [6.07, 6.45) is 2.20. The third-order valence-corrected chi connectivity index (χ3v) is 8.76. The summed E-state index contributed by atoms with van der Waals surface area (Å²) in [6, 6.07) is 6.68. The van der Waals surface area contributed by atoms with E-state index >= 15 is 0 Å². The number of aromatic hydroxyl groups is 1. The Bertz CT molecular complexity index is 1790. The van der Waals surface area contributed by atoms with Gasteiger partial charge in [-0.3, -0.25) is 28.8 Å². The molecule has 10 N–H and O–H groups in total. The summed E-state index contributed by atoms with van der Waals surface area (Å²) >= 11 is 0. The summed E-state index contributed by atoms with van der Waals surface area (Å²) in [5.74, 6) is -6.82. The van der Waals surface area contributed by atoms with E-state index in [4.69, 9.17) is 5.73 Å². The summed E-state index contributed by atoms with van der Waals surface area (Å²) in [5.41, 5.74) is 7.29. The Kier molecular flexibility index (Phi) is 14.2. The maximum absolute atomic E-state index is 14.1. The normalized spacial score (nSPS) is 16.6. The van der Waals surface area contributed by atoms with Crippen molar-refractivity contribution in [1.82, 2.24) is 36.1 Å². The fraction of sp³-hybridized carbons (Fsp3) is 0.389. The molecular weight excluding hydrogens is 704 g/mol. The first-order valence-electron chi connectivity index (χ1n) is 17.2. The van der Waals surface area contributed by atoms with Gasteiger partial charge in [-0.1, -0.05) is 42.5 Å². The van der Waals surface area contributed by atoms with Gasteiger partial charge in [-0.05, 0) is 43.0 Å². The van der Waals surface area contributed by atoms with Crippen molar-refractivity contribution in [3.05, 3.63) is 83.9 Å². The molecule has 4 rings (SSSR count).